The Morgan fingerprint density at radius 3 is 2.33 bits per heavy atom. The lowest BCUT2D eigenvalue weighted by molar-refractivity contribution is 0.540. The number of benzene rings is 1. The van der Waals surface area contributed by atoms with Gasteiger partial charge in [-0.1, -0.05) is 25.1 Å². The number of nitrogens with one attached hydrogen (secondary N) is 1. The van der Waals surface area contributed by atoms with Crippen molar-refractivity contribution in [3.63, 3.8) is 0 Å². The molecule has 2 aromatic rings. The predicted octanol–water partition coefficient (Wildman–Crippen LogP) is 3.61. The van der Waals surface area contributed by atoms with Gasteiger partial charge in [0.05, 0.1) is 4.90 Å². The zero-order chi connectivity index (χ0) is 15.5. The average molecular weight is 323 g/mol. The van der Waals surface area contributed by atoms with E-state index in [-0.39, 0.29) is 6.04 Å². The van der Waals surface area contributed by atoms with Gasteiger partial charge in [0, 0.05) is 29.6 Å². The van der Waals surface area contributed by atoms with Crippen LogP contribution in [0.15, 0.2) is 46.7 Å². The number of thiophene rings is 1. The van der Waals surface area contributed by atoms with Crippen LogP contribution in [0.25, 0.3) is 0 Å². The van der Waals surface area contributed by atoms with Crippen LogP contribution in [0.2, 0.25) is 0 Å². The molecular formula is C16H21NO2S2. The minimum absolute atomic E-state index is 0.195. The van der Waals surface area contributed by atoms with Gasteiger partial charge in [0.1, 0.15) is 0 Å². The summed E-state index contributed by atoms with van der Waals surface area (Å²) in [7, 11) is -3.12. The molecule has 0 spiro atoms. The maximum atomic E-state index is 11.4. The van der Waals surface area contributed by atoms with Crippen LogP contribution in [0.4, 0.5) is 0 Å². The Hall–Kier alpha value is -1.17. The molecule has 5 heteroatoms. The molecule has 0 saturated carbocycles. The summed E-state index contributed by atoms with van der Waals surface area (Å²) in [5.74, 6) is 0.475. The van der Waals surface area contributed by atoms with Crippen LogP contribution >= 0.6 is 11.3 Å². The van der Waals surface area contributed by atoms with E-state index in [1.54, 1.807) is 23.5 Å². The Labute approximate surface area is 130 Å². The highest BCUT2D eigenvalue weighted by Crippen LogP contribution is 2.21. The number of sulfone groups is 1. The van der Waals surface area contributed by atoms with Gasteiger partial charge in [-0.3, -0.25) is 0 Å². The summed E-state index contributed by atoms with van der Waals surface area (Å²) in [5.41, 5.74) is 1.10. The fourth-order valence-corrected chi connectivity index (χ4v) is 3.56. The molecule has 1 heterocycles. The fourth-order valence-electron chi connectivity index (χ4n) is 2.15. The van der Waals surface area contributed by atoms with Gasteiger partial charge in [-0.15, -0.1) is 11.3 Å². The molecule has 2 rings (SSSR count). The first kappa shape index (κ1) is 16.2. The third-order valence-corrected chi connectivity index (χ3v) is 5.80. The summed E-state index contributed by atoms with van der Waals surface area (Å²) in [6.07, 6.45) is 1.23. The van der Waals surface area contributed by atoms with Crippen molar-refractivity contribution in [3.05, 3.63) is 52.2 Å². The minimum atomic E-state index is -3.12. The van der Waals surface area contributed by atoms with Crippen LogP contribution in [0.1, 0.15) is 36.2 Å². The summed E-state index contributed by atoms with van der Waals surface area (Å²) in [6.45, 7) is 5.20. The van der Waals surface area contributed by atoms with E-state index in [1.165, 1.54) is 11.1 Å². The number of hydrogen-bond acceptors (Lipinski definition) is 4. The standard InChI is InChI=1S/C16H21NO2S2/c1-12(16-5-4-10-20-16)11-17-13(2)14-6-8-15(9-7-14)21(3,18)19/h4-10,12-13,17H,11H2,1-3H3/t12-,13-/m1/s1. The summed E-state index contributed by atoms with van der Waals surface area (Å²) in [6, 6.07) is 11.5. The largest absolute Gasteiger partial charge is 0.310 e. The second-order valence-electron chi connectivity index (χ2n) is 5.39. The molecule has 0 fully saturated rings. The lowest BCUT2D eigenvalue weighted by Gasteiger charge is -2.17. The first-order valence-electron chi connectivity index (χ1n) is 6.94. The number of rotatable bonds is 6. The van der Waals surface area contributed by atoms with Crippen molar-refractivity contribution in [2.24, 2.45) is 0 Å². The van der Waals surface area contributed by atoms with Crippen molar-refractivity contribution < 1.29 is 8.42 Å². The zero-order valence-electron chi connectivity index (χ0n) is 12.5. The van der Waals surface area contributed by atoms with Crippen LogP contribution in [-0.4, -0.2) is 21.2 Å². The van der Waals surface area contributed by atoms with Crippen LogP contribution < -0.4 is 5.32 Å². The first-order valence-corrected chi connectivity index (χ1v) is 9.72. The topological polar surface area (TPSA) is 46.2 Å². The fraction of sp³-hybridized carbons (Fsp3) is 0.375. The Morgan fingerprint density at radius 2 is 1.81 bits per heavy atom. The van der Waals surface area contributed by atoms with Gasteiger partial charge in [0.25, 0.3) is 0 Å². The number of hydrogen-bond donors (Lipinski definition) is 1. The van der Waals surface area contributed by atoms with Crippen molar-refractivity contribution in [2.45, 2.75) is 30.7 Å². The smallest absolute Gasteiger partial charge is 0.175 e. The molecule has 114 valence electrons. The zero-order valence-corrected chi connectivity index (χ0v) is 14.2. The van der Waals surface area contributed by atoms with Gasteiger partial charge < -0.3 is 5.32 Å². The van der Waals surface area contributed by atoms with Crippen molar-refractivity contribution in [1.29, 1.82) is 0 Å². The molecule has 0 amide bonds. The third kappa shape index (κ3) is 4.40. The lowest BCUT2D eigenvalue weighted by Crippen LogP contribution is -2.23. The van der Waals surface area contributed by atoms with E-state index in [1.807, 2.05) is 12.1 Å². The van der Waals surface area contributed by atoms with Crippen LogP contribution in [-0.2, 0) is 9.84 Å². The average Bonchev–Trinajstić information content (AvgIpc) is 2.98. The maximum Gasteiger partial charge on any atom is 0.175 e. The molecule has 1 aromatic heterocycles. The molecule has 0 aliphatic carbocycles. The summed E-state index contributed by atoms with van der Waals surface area (Å²) in [5, 5.41) is 5.60. The molecule has 1 aromatic carbocycles. The summed E-state index contributed by atoms with van der Waals surface area (Å²) >= 11 is 1.78. The molecule has 0 unspecified atom stereocenters. The van der Waals surface area contributed by atoms with E-state index in [2.05, 4.69) is 36.7 Å². The molecule has 0 saturated heterocycles. The molecule has 21 heavy (non-hydrogen) atoms. The maximum absolute atomic E-state index is 11.4. The molecule has 0 radical (unpaired) electrons. The van der Waals surface area contributed by atoms with Crippen molar-refractivity contribution in [3.8, 4) is 0 Å². The predicted molar refractivity (Wildman–Crippen MR) is 88.7 cm³/mol. The highest BCUT2D eigenvalue weighted by molar-refractivity contribution is 7.90. The molecule has 3 nitrogen and oxygen atoms in total. The van der Waals surface area contributed by atoms with Gasteiger partial charge >= 0.3 is 0 Å². The van der Waals surface area contributed by atoms with Gasteiger partial charge in [-0.25, -0.2) is 8.42 Å². The second kappa shape index (κ2) is 6.73. The van der Waals surface area contributed by atoms with Crippen molar-refractivity contribution in [2.75, 3.05) is 12.8 Å². The van der Waals surface area contributed by atoms with Gasteiger partial charge in [-0.05, 0) is 36.1 Å². The molecule has 0 aliphatic rings. The molecule has 2 atom stereocenters. The molecular weight excluding hydrogens is 302 g/mol. The minimum Gasteiger partial charge on any atom is -0.310 e. The van der Waals surface area contributed by atoms with E-state index < -0.39 is 9.84 Å². The van der Waals surface area contributed by atoms with E-state index in [0.717, 1.165) is 12.1 Å². The monoisotopic (exact) mass is 323 g/mol. The van der Waals surface area contributed by atoms with Crippen LogP contribution in [0, 0.1) is 0 Å². The first-order chi connectivity index (χ1) is 9.88. The Balaban J connectivity index is 1.96. The van der Waals surface area contributed by atoms with Crippen molar-refractivity contribution in [1.82, 2.24) is 5.32 Å². The van der Waals surface area contributed by atoms with Gasteiger partial charge in [0.15, 0.2) is 9.84 Å². The highest BCUT2D eigenvalue weighted by Gasteiger charge is 2.11. The SMILES string of the molecule is C[C@H](CN[C@H](C)c1ccc(S(C)(=O)=O)cc1)c1cccs1. The van der Waals surface area contributed by atoms with E-state index in [4.69, 9.17) is 0 Å². The second-order valence-corrected chi connectivity index (χ2v) is 8.38. The Morgan fingerprint density at radius 1 is 1.14 bits per heavy atom. The van der Waals surface area contributed by atoms with Gasteiger partial charge in [-0.2, -0.15) is 0 Å². The van der Waals surface area contributed by atoms with Crippen LogP contribution in [0.3, 0.4) is 0 Å². The summed E-state index contributed by atoms with van der Waals surface area (Å²) in [4.78, 5) is 1.74. The van der Waals surface area contributed by atoms with E-state index >= 15 is 0 Å². The van der Waals surface area contributed by atoms with E-state index in [0.29, 0.717) is 10.8 Å². The third-order valence-electron chi connectivity index (χ3n) is 3.57. The van der Waals surface area contributed by atoms with Crippen molar-refractivity contribution >= 4 is 21.2 Å². The molecule has 1 N–H and O–H groups in total. The quantitative estimate of drug-likeness (QED) is 0.883. The molecule has 0 aliphatic heterocycles. The Bertz CT molecular complexity index is 661. The summed E-state index contributed by atoms with van der Waals surface area (Å²) < 4.78 is 22.9. The van der Waals surface area contributed by atoms with Gasteiger partial charge in [0.2, 0.25) is 0 Å². The normalized spacial score (nSPS) is 14.8. The van der Waals surface area contributed by atoms with E-state index in [9.17, 15) is 8.42 Å². The lowest BCUT2D eigenvalue weighted by atomic mass is 10.1. The Kier molecular flexibility index (Phi) is 5.19. The van der Waals surface area contributed by atoms with Crippen LogP contribution in [0.5, 0.6) is 0 Å². The highest BCUT2D eigenvalue weighted by atomic mass is 32.2. The molecule has 0 bridgehead atoms.